The van der Waals surface area contributed by atoms with Crippen LogP contribution in [0.2, 0.25) is 0 Å². The summed E-state index contributed by atoms with van der Waals surface area (Å²) >= 11 is 3.38. The van der Waals surface area contributed by atoms with Gasteiger partial charge in [-0.25, -0.2) is 8.78 Å². The van der Waals surface area contributed by atoms with Crippen LogP contribution in [0, 0.1) is 0 Å². The van der Waals surface area contributed by atoms with Gasteiger partial charge in [-0.3, -0.25) is 0 Å². The second-order valence-corrected chi connectivity index (χ2v) is 5.45. The average Bonchev–Trinajstić information content (AvgIpc) is 2.15. The topological polar surface area (TPSA) is 12.0 Å². The minimum atomic E-state index is -2.50. The lowest BCUT2D eigenvalue weighted by Crippen LogP contribution is -2.54. The Hall–Kier alpha value is -0.480. The van der Waals surface area contributed by atoms with Crippen molar-refractivity contribution in [2.45, 2.75) is 24.2 Å². The van der Waals surface area contributed by atoms with Crippen molar-refractivity contribution in [1.29, 1.82) is 0 Å². The van der Waals surface area contributed by atoms with Crippen LogP contribution in [0.4, 0.5) is 8.78 Å². The van der Waals surface area contributed by atoms with E-state index >= 15 is 0 Å². The molecule has 0 aromatic heterocycles. The maximum atomic E-state index is 13.1. The van der Waals surface area contributed by atoms with Crippen LogP contribution in [0.25, 0.3) is 0 Å². The van der Waals surface area contributed by atoms with E-state index in [4.69, 9.17) is 0 Å². The molecule has 1 aliphatic carbocycles. The molecule has 0 saturated heterocycles. The first kappa shape index (κ1) is 12.0. The van der Waals surface area contributed by atoms with Gasteiger partial charge in [0.15, 0.2) is 0 Å². The average molecular weight is 290 g/mol. The number of hydrogen-bond donors (Lipinski definition) is 1. The molecule has 1 aromatic carbocycles. The lowest BCUT2D eigenvalue weighted by atomic mass is 9.62. The maximum Gasteiger partial charge on any atom is 0.250 e. The van der Waals surface area contributed by atoms with Crippen LogP contribution in [0.5, 0.6) is 0 Å². The first-order valence-electron chi connectivity index (χ1n) is 5.26. The second-order valence-electron chi connectivity index (χ2n) is 4.53. The van der Waals surface area contributed by atoms with E-state index < -0.39 is 11.3 Å². The van der Waals surface area contributed by atoms with Crippen LogP contribution in [0.3, 0.4) is 0 Å². The van der Waals surface area contributed by atoms with Gasteiger partial charge in [0.1, 0.15) is 0 Å². The van der Waals surface area contributed by atoms with Gasteiger partial charge in [0.25, 0.3) is 0 Å². The minimum absolute atomic E-state index is 0.0582. The van der Waals surface area contributed by atoms with E-state index in [0.717, 1.165) is 10.0 Å². The van der Waals surface area contributed by atoms with Crippen LogP contribution in [-0.4, -0.2) is 19.5 Å². The molecule has 0 atom stereocenters. The van der Waals surface area contributed by atoms with Gasteiger partial charge in [-0.1, -0.05) is 28.1 Å². The van der Waals surface area contributed by atoms with E-state index in [2.05, 4.69) is 21.2 Å². The first-order chi connectivity index (χ1) is 7.47. The van der Waals surface area contributed by atoms with E-state index in [1.165, 1.54) is 0 Å². The third-order valence-electron chi connectivity index (χ3n) is 3.15. The molecule has 0 radical (unpaired) electrons. The molecule has 0 amide bonds. The molecule has 0 spiro atoms. The normalized spacial score (nSPS) is 21.5. The SMILES string of the molecule is CNCC1(c2cccc(Br)c2)CC(F)(F)C1. The van der Waals surface area contributed by atoms with Crippen molar-refractivity contribution in [2.24, 2.45) is 0 Å². The Morgan fingerprint density at radius 2 is 2.06 bits per heavy atom. The molecule has 1 aliphatic rings. The second kappa shape index (κ2) is 4.08. The standard InChI is InChI=1S/C12H14BrF2N/c1-16-8-11(6-12(14,15)7-11)9-3-2-4-10(13)5-9/h2-5,16H,6-8H2,1H3. The fraction of sp³-hybridized carbons (Fsp3) is 0.500. The zero-order valence-corrected chi connectivity index (χ0v) is 10.7. The number of likely N-dealkylation sites (N-methyl/N-ethyl adjacent to an activating group) is 1. The molecule has 1 aromatic rings. The molecular formula is C12H14BrF2N. The highest BCUT2D eigenvalue weighted by molar-refractivity contribution is 9.10. The van der Waals surface area contributed by atoms with E-state index in [9.17, 15) is 8.78 Å². The van der Waals surface area contributed by atoms with Gasteiger partial charge in [0.2, 0.25) is 5.92 Å². The highest BCUT2D eigenvalue weighted by Crippen LogP contribution is 2.53. The molecular weight excluding hydrogens is 276 g/mol. The fourth-order valence-electron chi connectivity index (χ4n) is 2.53. The Morgan fingerprint density at radius 1 is 1.38 bits per heavy atom. The predicted molar refractivity (Wildman–Crippen MR) is 63.9 cm³/mol. The molecule has 1 fully saturated rings. The van der Waals surface area contributed by atoms with Crippen molar-refractivity contribution in [1.82, 2.24) is 5.32 Å². The van der Waals surface area contributed by atoms with Crippen molar-refractivity contribution in [3.05, 3.63) is 34.3 Å². The van der Waals surface area contributed by atoms with Gasteiger partial charge >= 0.3 is 0 Å². The van der Waals surface area contributed by atoms with Crippen molar-refractivity contribution >= 4 is 15.9 Å². The molecule has 0 bridgehead atoms. The van der Waals surface area contributed by atoms with Gasteiger partial charge in [-0.2, -0.15) is 0 Å². The third kappa shape index (κ3) is 2.13. The van der Waals surface area contributed by atoms with Crippen LogP contribution in [-0.2, 0) is 5.41 Å². The zero-order chi connectivity index (χ0) is 11.8. The van der Waals surface area contributed by atoms with Crippen molar-refractivity contribution < 1.29 is 8.78 Å². The molecule has 0 unspecified atom stereocenters. The van der Waals surface area contributed by atoms with E-state index in [-0.39, 0.29) is 12.8 Å². The Morgan fingerprint density at radius 3 is 2.56 bits per heavy atom. The largest absolute Gasteiger partial charge is 0.319 e. The fourth-order valence-corrected chi connectivity index (χ4v) is 2.93. The Labute approximate surface area is 102 Å². The summed E-state index contributed by atoms with van der Waals surface area (Å²) in [5.74, 6) is -2.50. The summed E-state index contributed by atoms with van der Waals surface area (Å²) in [6.45, 7) is 0.596. The number of rotatable bonds is 3. The predicted octanol–water partition coefficient (Wildman–Crippen LogP) is 3.34. The Balaban J connectivity index is 2.28. The van der Waals surface area contributed by atoms with E-state index in [1.54, 1.807) is 7.05 Å². The number of nitrogens with one attached hydrogen (secondary N) is 1. The molecule has 88 valence electrons. The summed E-state index contributed by atoms with van der Waals surface area (Å²) in [5, 5.41) is 3.02. The Bertz CT molecular complexity index is 384. The lowest BCUT2D eigenvalue weighted by molar-refractivity contribution is -0.125. The highest BCUT2D eigenvalue weighted by Gasteiger charge is 2.56. The van der Waals surface area contributed by atoms with Crippen molar-refractivity contribution in [3.63, 3.8) is 0 Å². The molecule has 4 heteroatoms. The molecule has 1 nitrogen and oxygen atoms in total. The van der Waals surface area contributed by atoms with Gasteiger partial charge in [-0.15, -0.1) is 0 Å². The highest BCUT2D eigenvalue weighted by atomic mass is 79.9. The van der Waals surface area contributed by atoms with Gasteiger partial charge in [0, 0.05) is 29.3 Å². The summed E-state index contributed by atoms with van der Waals surface area (Å²) in [5.41, 5.74) is 0.587. The van der Waals surface area contributed by atoms with Crippen molar-refractivity contribution in [3.8, 4) is 0 Å². The summed E-state index contributed by atoms with van der Waals surface area (Å²) in [7, 11) is 1.80. The zero-order valence-electron chi connectivity index (χ0n) is 9.06. The summed E-state index contributed by atoms with van der Waals surface area (Å²) in [6.07, 6.45) is -0.116. The van der Waals surface area contributed by atoms with Crippen LogP contribution < -0.4 is 5.32 Å². The monoisotopic (exact) mass is 289 g/mol. The third-order valence-corrected chi connectivity index (χ3v) is 3.64. The molecule has 2 rings (SSSR count). The number of alkyl halides is 2. The van der Waals surface area contributed by atoms with Crippen molar-refractivity contribution in [2.75, 3.05) is 13.6 Å². The summed E-state index contributed by atoms with van der Waals surface area (Å²) in [6, 6.07) is 7.67. The maximum absolute atomic E-state index is 13.1. The Kier molecular flexibility index (Phi) is 3.05. The number of benzene rings is 1. The van der Waals surface area contributed by atoms with Crippen LogP contribution in [0.1, 0.15) is 18.4 Å². The lowest BCUT2D eigenvalue weighted by Gasteiger charge is -2.48. The van der Waals surface area contributed by atoms with Gasteiger partial charge in [-0.05, 0) is 24.7 Å². The van der Waals surface area contributed by atoms with E-state index in [0.29, 0.717) is 6.54 Å². The number of halogens is 3. The molecule has 1 N–H and O–H groups in total. The van der Waals surface area contributed by atoms with Gasteiger partial charge in [0.05, 0.1) is 0 Å². The van der Waals surface area contributed by atoms with Crippen LogP contribution in [0.15, 0.2) is 28.7 Å². The van der Waals surface area contributed by atoms with E-state index in [1.807, 2.05) is 24.3 Å². The quantitative estimate of drug-likeness (QED) is 0.900. The molecule has 1 saturated carbocycles. The number of hydrogen-bond acceptors (Lipinski definition) is 1. The first-order valence-corrected chi connectivity index (χ1v) is 6.05. The summed E-state index contributed by atoms with van der Waals surface area (Å²) in [4.78, 5) is 0. The molecule has 16 heavy (non-hydrogen) atoms. The molecule has 0 heterocycles. The van der Waals surface area contributed by atoms with Gasteiger partial charge < -0.3 is 5.32 Å². The van der Waals surface area contributed by atoms with Crippen LogP contribution >= 0.6 is 15.9 Å². The summed E-state index contributed by atoms with van der Waals surface area (Å²) < 4.78 is 27.1. The molecule has 0 aliphatic heterocycles. The minimum Gasteiger partial charge on any atom is -0.319 e. The smallest absolute Gasteiger partial charge is 0.250 e.